The summed E-state index contributed by atoms with van der Waals surface area (Å²) in [6, 6.07) is 5.63. The Morgan fingerprint density at radius 1 is 1.45 bits per heavy atom. The zero-order valence-electron chi connectivity index (χ0n) is 12.5. The summed E-state index contributed by atoms with van der Waals surface area (Å²) in [5.41, 5.74) is 7.17. The van der Waals surface area contributed by atoms with Crippen LogP contribution in [-0.4, -0.2) is 24.3 Å². The summed E-state index contributed by atoms with van der Waals surface area (Å²) < 4.78 is 5.22. The van der Waals surface area contributed by atoms with Gasteiger partial charge >= 0.3 is 6.09 Å². The highest BCUT2D eigenvalue weighted by Gasteiger charge is 2.19. The molecular weight excluding hydrogens is 276 g/mol. The van der Waals surface area contributed by atoms with Crippen molar-refractivity contribution in [2.45, 2.75) is 45.8 Å². The number of alkyl carbamates (subject to hydrolysis) is 1. The van der Waals surface area contributed by atoms with Crippen molar-refractivity contribution in [3.05, 3.63) is 34.3 Å². The van der Waals surface area contributed by atoms with Crippen molar-refractivity contribution in [2.24, 2.45) is 5.73 Å². The van der Waals surface area contributed by atoms with Crippen molar-refractivity contribution in [3.63, 3.8) is 0 Å². The van der Waals surface area contributed by atoms with Gasteiger partial charge in [0.1, 0.15) is 5.60 Å². The molecule has 0 spiro atoms. The van der Waals surface area contributed by atoms with E-state index in [1.807, 2.05) is 45.9 Å². The number of aryl methyl sites for hydroxylation is 1. The average Bonchev–Trinajstić information content (AvgIpc) is 2.31. The Kier molecular flexibility index (Phi) is 5.84. The van der Waals surface area contributed by atoms with E-state index in [-0.39, 0.29) is 6.04 Å². The second kappa shape index (κ2) is 6.95. The van der Waals surface area contributed by atoms with Gasteiger partial charge in [-0.05, 0) is 45.2 Å². The van der Waals surface area contributed by atoms with Crippen LogP contribution in [-0.2, 0) is 11.2 Å². The molecule has 0 aliphatic carbocycles. The number of halogens is 1. The molecule has 1 aromatic rings. The molecule has 1 aromatic carbocycles. The quantitative estimate of drug-likeness (QED) is 0.898. The lowest BCUT2D eigenvalue weighted by atomic mass is 10.0. The molecule has 1 rings (SSSR count). The van der Waals surface area contributed by atoms with Crippen molar-refractivity contribution in [1.29, 1.82) is 0 Å². The molecule has 112 valence electrons. The Labute approximate surface area is 125 Å². The lowest BCUT2D eigenvalue weighted by Crippen LogP contribution is -2.44. The molecule has 5 heteroatoms. The van der Waals surface area contributed by atoms with E-state index in [9.17, 15) is 4.79 Å². The zero-order chi connectivity index (χ0) is 15.3. The molecule has 4 nitrogen and oxygen atoms in total. The first-order chi connectivity index (χ1) is 9.23. The van der Waals surface area contributed by atoms with E-state index < -0.39 is 11.7 Å². The van der Waals surface area contributed by atoms with Crippen LogP contribution in [0.1, 0.15) is 31.9 Å². The lowest BCUT2D eigenvalue weighted by molar-refractivity contribution is 0.0506. The maximum Gasteiger partial charge on any atom is 0.407 e. The van der Waals surface area contributed by atoms with E-state index in [1.54, 1.807) is 0 Å². The molecule has 0 aliphatic rings. The third-order valence-electron chi connectivity index (χ3n) is 2.74. The Bertz CT molecular complexity index is 469. The van der Waals surface area contributed by atoms with Crippen LogP contribution in [0.5, 0.6) is 0 Å². The van der Waals surface area contributed by atoms with Crippen LogP contribution in [0.2, 0.25) is 5.02 Å². The average molecular weight is 299 g/mol. The van der Waals surface area contributed by atoms with E-state index in [4.69, 9.17) is 22.1 Å². The van der Waals surface area contributed by atoms with Crippen LogP contribution < -0.4 is 11.1 Å². The van der Waals surface area contributed by atoms with Crippen molar-refractivity contribution >= 4 is 17.7 Å². The molecule has 1 amide bonds. The van der Waals surface area contributed by atoms with Crippen LogP contribution in [0.15, 0.2) is 18.2 Å². The van der Waals surface area contributed by atoms with Gasteiger partial charge in [-0.25, -0.2) is 4.79 Å². The largest absolute Gasteiger partial charge is 0.444 e. The summed E-state index contributed by atoms with van der Waals surface area (Å²) in [7, 11) is 0. The van der Waals surface area contributed by atoms with Crippen LogP contribution in [0.3, 0.4) is 0 Å². The van der Waals surface area contributed by atoms with Gasteiger partial charge in [0.15, 0.2) is 0 Å². The summed E-state index contributed by atoms with van der Waals surface area (Å²) in [5.74, 6) is 0. The van der Waals surface area contributed by atoms with Crippen molar-refractivity contribution in [2.75, 3.05) is 6.54 Å². The molecule has 1 atom stereocenters. The Balaban J connectivity index is 2.68. The molecule has 0 saturated heterocycles. The van der Waals surface area contributed by atoms with Gasteiger partial charge in [-0.1, -0.05) is 29.8 Å². The summed E-state index contributed by atoms with van der Waals surface area (Å²) in [5, 5.41) is 3.49. The number of hydrogen-bond acceptors (Lipinski definition) is 3. The standard InChI is InChI=1S/C15H23ClN2O2/c1-10-6-5-7-11(13(10)16)8-12(9-17)18-14(19)20-15(2,3)4/h5-7,12H,8-9,17H2,1-4H3,(H,18,19). The topological polar surface area (TPSA) is 64.3 Å². The summed E-state index contributed by atoms with van der Waals surface area (Å²) in [6.07, 6.45) is 0.118. The zero-order valence-corrected chi connectivity index (χ0v) is 13.3. The first kappa shape index (κ1) is 16.8. The molecule has 0 heterocycles. The van der Waals surface area contributed by atoms with Gasteiger partial charge in [0, 0.05) is 17.6 Å². The van der Waals surface area contributed by atoms with Crippen molar-refractivity contribution < 1.29 is 9.53 Å². The first-order valence-electron chi connectivity index (χ1n) is 6.66. The van der Waals surface area contributed by atoms with E-state index in [2.05, 4.69) is 5.32 Å². The lowest BCUT2D eigenvalue weighted by Gasteiger charge is -2.23. The molecule has 0 fully saturated rings. The van der Waals surface area contributed by atoms with Crippen molar-refractivity contribution in [3.8, 4) is 0 Å². The second-order valence-corrected chi connectivity index (χ2v) is 6.21. The third-order valence-corrected chi connectivity index (χ3v) is 3.28. The van der Waals surface area contributed by atoms with Gasteiger partial charge in [-0.3, -0.25) is 0 Å². The molecule has 0 aromatic heterocycles. The number of amides is 1. The molecule has 3 N–H and O–H groups in total. The summed E-state index contributed by atoms with van der Waals surface area (Å²) >= 11 is 6.25. The van der Waals surface area contributed by atoms with Gasteiger partial charge < -0.3 is 15.8 Å². The number of benzene rings is 1. The Morgan fingerprint density at radius 3 is 2.65 bits per heavy atom. The van der Waals surface area contributed by atoms with Crippen molar-refractivity contribution in [1.82, 2.24) is 5.32 Å². The number of carbonyl (C=O) groups is 1. The fourth-order valence-electron chi connectivity index (χ4n) is 1.80. The number of nitrogens with two attached hydrogens (primary N) is 1. The van der Waals surface area contributed by atoms with E-state index in [0.717, 1.165) is 16.1 Å². The molecular formula is C15H23ClN2O2. The fraction of sp³-hybridized carbons (Fsp3) is 0.533. The Morgan fingerprint density at radius 2 is 2.10 bits per heavy atom. The highest BCUT2D eigenvalue weighted by Crippen LogP contribution is 2.21. The van der Waals surface area contributed by atoms with Crippen LogP contribution in [0.25, 0.3) is 0 Å². The van der Waals surface area contributed by atoms with Crippen LogP contribution in [0, 0.1) is 6.92 Å². The number of carbonyl (C=O) groups excluding carboxylic acids is 1. The van der Waals surface area contributed by atoms with Gasteiger partial charge in [0.2, 0.25) is 0 Å². The van der Waals surface area contributed by atoms with Gasteiger partial charge in [0.05, 0.1) is 0 Å². The molecule has 0 bridgehead atoms. The second-order valence-electron chi connectivity index (χ2n) is 5.83. The molecule has 20 heavy (non-hydrogen) atoms. The van der Waals surface area contributed by atoms with E-state index in [1.165, 1.54) is 0 Å². The minimum atomic E-state index is -0.524. The monoisotopic (exact) mass is 298 g/mol. The van der Waals surface area contributed by atoms with Crippen LogP contribution >= 0.6 is 11.6 Å². The third kappa shape index (κ3) is 5.39. The van der Waals surface area contributed by atoms with E-state index in [0.29, 0.717) is 13.0 Å². The van der Waals surface area contributed by atoms with Gasteiger partial charge in [-0.15, -0.1) is 0 Å². The smallest absolute Gasteiger partial charge is 0.407 e. The SMILES string of the molecule is Cc1cccc(CC(CN)NC(=O)OC(C)(C)C)c1Cl. The first-order valence-corrected chi connectivity index (χ1v) is 7.04. The predicted molar refractivity (Wildman–Crippen MR) is 82.1 cm³/mol. The number of hydrogen-bond donors (Lipinski definition) is 2. The predicted octanol–water partition coefficient (Wildman–Crippen LogP) is 3.04. The molecule has 0 aliphatic heterocycles. The highest BCUT2D eigenvalue weighted by atomic mass is 35.5. The van der Waals surface area contributed by atoms with Gasteiger partial charge in [0.25, 0.3) is 0 Å². The minimum absolute atomic E-state index is 0.204. The maximum absolute atomic E-state index is 11.7. The Hall–Kier alpha value is -1.26. The molecule has 0 radical (unpaired) electrons. The minimum Gasteiger partial charge on any atom is -0.444 e. The highest BCUT2D eigenvalue weighted by molar-refractivity contribution is 6.32. The number of rotatable bonds is 4. The molecule has 0 saturated carbocycles. The fourth-order valence-corrected chi connectivity index (χ4v) is 2.00. The van der Waals surface area contributed by atoms with E-state index >= 15 is 0 Å². The van der Waals surface area contributed by atoms with Gasteiger partial charge in [-0.2, -0.15) is 0 Å². The van der Waals surface area contributed by atoms with Crippen LogP contribution in [0.4, 0.5) is 4.79 Å². The number of nitrogens with one attached hydrogen (secondary N) is 1. The molecule has 1 unspecified atom stereocenters. The maximum atomic E-state index is 11.7. The number of ether oxygens (including phenoxy) is 1. The summed E-state index contributed by atoms with van der Waals surface area (Å²) in [4.78, 5) is 11.7. The normalized spacial score (nSPS) is 12.9. The summed E-state index contributed by atoms with van der Waals surface area (Å²) in [6.45, 7) is 7.73.